The minimum atomic E-state index is -1.08. The molecule has 0 unspecified atom stereocenters. The number of carbonyl (C=O) groups excluding carboxylic acids is 1. The number of rotatable bonds is 6. The third kappa shape index (κ3) is 3.58. The molecule has 3 aromatic rings. The Morgan fingerprint density at radius 2 is 1.86 bits per heavy atom. The molecular weight excluding hydrogens is 366 g/mol. The first kappa shape index (κ1) is 18.1. The molecule has 0 radical (unpaired) electrons. The molecular formula is C20H18F2N4O2. The second-order valence-corrected chi connectivity index (χ2v) is 6.69. The fourth-order valence-corrected chi connectivity index (χ4v) is 3.01. The molecule has 1 heterocycles. The summed E-state index contributed by atoms with van der Waals surface area (Å²) in [6.45, 7) is 0.307. The van der Waals surface area contributed by atoms with Crippen LogP contribution in [-0.4, -0.2) is 26.8 Å². The zero-order chi connectivity index (χ0) is 19.7. The lowest BCUT2D eigenvalue weighted by molar-refractivity contribution is 0.0951. The minimum Gasteiger partial charge on any atom is -0.350 e. The van der Waals surface area contributed by atoms with Crippen LogP contribution in [0.4, 0.5) is 8.78 Å². The topological polar surface area (TPSA) is 68.9 Å². The van der Waals surface area contributed by atoms with Crippen LogP contribution in [0.15, 0.2) is 53.3 Å². The summed E-state index contributed by atoms with van der Waals surface area (Å²) in [5.41, 5.74) is 0.501. The first-order valence-corrected chi connectivity index (χ1v) is 9.03. The van der Waals surface area contributed by atoms with E-state index in [9.17, 15) is 18.4 Å². The molecule has 1 aliphatic rings. The van der Waals surface area contributed by atoms with Gasteiger partial charge in [-0.15, -0.1) is 0 Å². The zero-order valence-corrected chi connectivity index (χ0v) is 14.9. The predicted molar refractivity (Wildman–Crippen MR) is 98.5 cm³/mol. The molecule has 6 nitrogen and oxygen atoms in total. The Labute approximate surface area is 159 Å². The summed E-state index contributed by atoms with van der Waals surface area (Å²) in [6.07, 6.45) is 1.99. The summed E-state index contributed by atoms with van der Waals surface area (Å²) < 4.78 is 29.2. The third-order valence-corrected chi connectivity index (χ3v) is 4.61. The number of carbonyl (C=O) groups is 1. The molecule has 0 aliphatic heterocycles. The van der Waals surface area contributed by atoms with Crippen molar-refractivity contribution >= 4 is 5.91 Å². The maximum absolute atomic E-state index is 13.3. The smallest absolute Gasteiger partial charge is 0.350 e. The molecule has 0 saturated heterocycles. The Kier molecular flexibility index (Phi) is 4.77. The van der Waals surface area contributed by atoms with Gasteiger partial charge in [-0.2, -0.15) is 5.10 Å². The maximum atomic E-state index is 13.3. The van der Waals surface area contributed by atoms with Crippen molar-refractivity contribution < 1.29 is 13.6 Å². The standard InChI is InChI=1S/C20H18F2N4O2/c21-16-9-8-14(12-17(16)22)19(27)23-10-11-25-20(28)26(15-4-2-1-3-5-15)18(24-25)13-6-7-13/h1-5,8-9,12-13H,6-7,10-11H2,(H,23,27). The second-order valence-electron chi connectivity index (χ2n) is 6.69. The van der Waals surface area contributed by atoms with Gasteiger partial charge in [0.15, 0.2) is 11.6 Å². The normalized spacial score (nSPS) is 13.5. The minimum absolute atomic E-state index is 0.0136. The van der Waals surface area contributed by atoms with Crippen molar-refractivity contribution in [3.63, 3.8) is 0 Å². The fraction of sp³-hybridized carbons (Fsp3) is 0.250. The van der Waals surface area contributed by atoms with E-state index in [1.165, 1.54) is 10.7 Å². The fourth-order valence-electron chi connectivity index (χ4n) is 3.01. The summed E-state index contributed by atoms with van der Waals surface area (Å²) in [6, 6.07) is 12.2. The Morgan fingerprint density at radius 1 is 1.11 bits per heavy atom. The van der Waals surface area contributed by atoms with Gasteiger partial charge in [0.05, 0.1) is 12.2 Å². The van der Waals surface area contributed by atoms with E-state index in [0.717, 1.165) is 36.5 Å². The highest BCUT2D eigenvalue weighted by atomic mass is 19.2. The molecule has 1 aliphatic carbocycles. The number of hydrogen-bond donors (Lipinski definition) is 1. The van der Waals surface area contributed by atoms with E-state index in [1.54, 1.807) is 4.57 Å². The van der Waals surface area contributed by atoms with Gasteiger partial charge >= 0.3 is 5.69 Å². The largest absolute Gasteiger partial charge is 0.350 e. The van der Waals surface area contributed by atoms with E-state index < -0.39 is 17.5 Å². The molecule has 4 rings (SSSR count). The van der Waals surface area contributed by atoms with Gasteiger partial charge in [0.2, 0.25) is 0 Å². The Morgan fingerprint density at radius 3 is 2.54 bits per heavy atom. The molecule has 1 saturated carbocycles. The molecule has 0 spiro atoms. The Bertz CT molecular complexity index is 1070. The van der Waals surface area contributed by atoms with E-state index in [0.29, 0.717) is 0 Å². The van der Waals surface area contributed by atoms with E-state index in [-0.39, 0.29) is 30.3 Å². The number of hydrogen-bond acceptors (Lipinski definition) is 3. The van der Waals surface area contributed by atoms with Crippen molar-refractivity contribution in [2.75, 3.05) is 6.54 Å². The van der Waals surface area contributed by atoms with Gasteiger partial charge in [-0.25, -0.2) is 22.8 Å². The van der Waals surface area contributed by atoms with E-state index in [4.69, 9.17) is 0 Å². The molecule has 1 fully saturated rings. The second kappa shape index (κ2) is 7.38. The van der Waals surface area contributed by atoms with Crippen LogP contribution in [0.2, 0.25) is 0 Å². The monoisotopic (exact) mass is 384 g/mol. The van der Waals surface area contributed by atoms with Crippen molar-refractivity contribution in [2.45, 2.75) is 25.3 Å². The summed E-state index contributed by atoms with van der Waals surface area (Å²) in [4.78, 5) is 24.9. The molecule has 144 valence electrons. The van der Waals surface area contributed by atoms with Crippen LogP contribution in [0.25, 0.3) is 5.69 Å². The number of aromatic nitrogens is 3. The van der Waals surface area contributed by atoms with Crippen molar-refractivity contribution in [1.29, 1.82) is 0 Å². The maximum Gasteiger partial charge on any atom is 0.350 e. The Hall–Kier alpha value is -3.29. The van der Waals surface area contributed by atoms with Crippen LogP contribution >= 0.6 is 0 Å². The summed E-state index contributed by atoms with van der Waals surface area (Å²) >= 11 is 0. The van der Waals surface area contributed by atoms with Gasteiger partial charge < -0.3 is 5.32 Å². The summed E-state index contributed by atoms with van der Waals surface area (Å²) in [5.74, 6) is -1.65. The van der Waals surface area contributed by atoms with Gasteiger partial charge in [0.1, 0.15) is 5.82 Å². The first-order valence-electron chi connectivity index (χ1n) is 9.03. The molecule has 1 amide bonds. The summed E-state index contributed by atoms with van der Waals surface area (Å²) in [5, 5.41) is 7.05. The SMILES string of the molecule is O=C(NCCn1nc(C2CC2)n(-c2ccccc2)c1=O)c1ccc(F)c(F)c1. The number of benzene rings is 2. The van der Waals surface area contributed by atoms with Crippen molar-refractivity contribution in [3.05, 3.63) is 82.0 Å². The third-order valence-electron chi connectivity index (χ3n) is 4.61. The Balaban J connectivity index is 1.49. The molecule has 0 bridgehead atoms. The van der Waals surface area contributed by atoms with E-state index in [1.807, 2.05) is 30.3 Å². The highest BCUT2D eigenvalue weighted by Crippen LogP contribution is 2.39. The highest BCUT2D eigenvalue weighted by Gasteiger charge is 2.31. The zero-order valence-electron chi connectivity index (χ0n) is 14.9. The number of halogens is 2. The quantitative estimate of drug-likeness (QED) is 0.710. The van der Waals surface area contributed by atoms with E-state index >= 15 is 0 Å². The lowest BCUT2D eigenvalue weighted by atomic mass is 10.2. The van der Waals surface area contributed by atoms with E-state index in [2.05, 4.69) is 10.4 Å². The molecule has 1 N–H and O–H groups in total. The van der Waals surface area contributed by atoms with Gasteiger partial charge in [-0.3, -0.25) is 4.79 Å². The predicted octanol–water partition coefficient (Wildman–Crippen LogP) is 2.62. The molecule has 28 heavy (non-hydrogen) atoms. The van der Waals surface area contributed by atoms with Crippen LogP contribution < -0.4 is 11.0 Å². The van der Waals surface area contributed by atoms with Crippen LogP contribution in [0.1, 0.15) is 34.9 Å². The van der Waals surface area contributed by atoms with Crippen LogP contribution in [-0.2, 0) is 6.54 Å². The number of nitrogens with one attached hydrogen (secondary N) is 1. The van der Waals surface area contributed by atoms with Crippen molar-refractivity contribution in [2.24, 2.45) is 0 Å². The van der Waals surface area contributed by atoms with Crippen LogP contribution in [0, 0.1) is 11.6 Å². The van der Waals surface area contributed by atoms with Gasteiger partial charge in [-0.1, -0.05) is 18.2 Å². The molecule has 1 aromatic heterocycles. The first-order chi connectivity index (χ1) is 13.5. The summed E-state index contributed by atoms with van der Waals surface area (Å²) in [7, 11) is 0. The molecule has 0 atom stereocenters. The van der Waals surface area contributed by atoms with Gasteiger partial charge in [-0.05, 0) is 43.2 Å². The number of amides is 1. The average molecular weight is 384 g/mol. The molecule has 8 heteroatoms. The number of para-hydroxylation sites is 1. The van der Waals surface area contributed by atoms with Gasteiger partial charge in [0, 0.05) is 18.0 Å². The number of nitrogens with zero attached hydrogens (tertiary/aromatic N) is 3. The van der Waals surface area contributed by atoms with Crippen molar-refractivity contribution in [1.82, 2.24) is 19.7 Å². The highest BCUT2D eigenvalue weighted by molar-refractivity contribution is 5.94. The van der Waals surface area contributed by atoms with Crippen LogP contribution in [0.3, 0.4) is 0 Å². The molecule has 2 aromatic carbocycles. The lowest BCUT2D eigenvalue weighted by Gasteiger charge is -2.05. The van der Waals surface area contributed by atoms with Crippen molar-refractivity contribution in [3.8, 4) is 5.69 Å². The average Bonchev–Trinajstić information content (AvgIpc) is 3.49. The lowest BCUT2D eigenvalue weighted by Crippen LogP contribution is -2.32. The van der Waals surface area contributed by atoms with Gasteiger partial charge in [0.25, 0.3) is 5.91 Å². The van der Waals surface area contributed by atoms with Crippen LogP contribution in [0.5, 0.6) is 0 Å².